The van der Waals surface area contributed by atoms with Crippen LogP contribution in [0.25, 0.3) is 11.3 Å². The van der Waals surface area contributed by atoms with Crippen molar-refractivity contribution in [3.05, 3.63) is 33.6 Å². The predicted octanol–water partition coefficient (Wildman–Crippen LogP) is 3.76. The van der Waals surface area contributed by atoms with Crippen LogP contribution in [-0.2, 0) is 4.79 Å². The molecule has 0 saturated heterocycles. The lowest BCUT2D eigenvalue weighted by Crippen LogP contribution is -2.35. The highest BCUT2D eigenvalue weighted by Gasteiger charge is 2.13. The fourth-order valence-corrected chi connectivity index (χ4v) is 3.47. The minimum atomic E-state index is -0.153. The zero-order valence-electron chi connectivity index (χ0n) is 13.3. The second-order valence-corrected chi connectivity index (χ2v) is 6.91. The first-order valence-electron chi connectivity index (χ1n) is 7.57. The van der Waals surface area contributed by atoms with E-state index in [9.17, 15) is 4.79 Å². The van der Waals surface area contributed by atoms with Gasteiger partial charge in [-0.3, -0.25) is 9.69 Å². The molecule has 24 heavy (non-hydrogen) atoms. The smallest absolute Gasteiger partial charge is 0.240 e. The Balaban J connectivity index is 2.01. The number of nitrogens with zero attached hydrogens (tertiary/aromatic N) is 2. The number of anilines is 1. The maximum absolute atomic E-state index is 12.1. The van der Waals surface area contributed by atoms with E-state index in [1.54, 1.807) is 18.2 Å². The Morgan fingerprint density at radius 2 is 2.17 bits per heavy atom. The number of aliphatic hydroxyl groups is 1. The summed E-state index contributed by atoms with van der Waals surface area (Å²) in [5.41, 5.74) is 1.46. The molecule has 5 nitrogen and oxygen atoms in total. The van der Waals surface area contributed by atoms with Crippen molar-refractivity contribution in [2.75, 3.05) is 31.6 Å². The van der Waals surface area contributed by atoms with Crippen LogP contribution in [0.2, 0.25) is 10.0 Å². The Labute approximate surface area is 155 Å². The minimum Gasteiger partial charge on any atom is -0.395 e. The van der Waals surface area contributed by atoms with Gasteiger partial charge < -0.3 is 10.4 Å². The van der Waals surface area contributed by atoms with Crippen LogP contribution < -0.4 is 5.32 Å². The molecule has 0 spiro atoms. The summed E-state index contributed by atoms with van der Waals surface area (Å²) >= 11 is 13.4. The molecule has 0 bridgehead atoms. The SMILES string of the molecule is CCCN(CCO)CC(=O)Nc1nc(-c2ccc(Cl)cc2Cl)cs1. The summed E-state index contributed by atoms with van der Waals surface area (Å²) < 4.78 is 0. The Kier molecular flexibility index (Phi) is 7.45. The molecule has 0 saturated carbocycles. The lowest BCUT2D eigenvalue weighted by Gasteiger charge is -2.19. The molecular formula is C16H19Cl2N3O2S. The second-order valence-electron chi connectivity index (χ2n) is 5.21. The third kappa shape index (κ3) is 5.43. The Morgan fingerprint density at radius 3 is 2.83 bits per heavy atom. The van der Waals surface area contributed by atoms with E-state index in [4.69, 9.17) is 28.3 Å². The fraction of sp³-hybridized carbons (Fsp3) is 0.375. The van der Waals surface area contributed by atoms with Crippen molar-refractivity contribution < 1.29 is 9.90 Å². The van der Waals surface area contributed by atoms with Crippen LogP contribution in [0.5, 0.6) is 0 Å². The molecule has 8 heteroatoms. The van der Waals surface area contributed by atoms with E-state index in [0.717, 1.165) is 18.5 Å². The standard InChI is InChI=1S/C16H19Cl2N3O2S/c1-2-5-21(6-7-22)9-15(23)20-16-19-14(10-24-16)12-4-3-11(17)8-13(12)18/h3-4,8,10,22H,2,5-7,9H2,1H3,(H,19,20,23). The van der Waals surface area contributed by atoms with Gasteiger partial charge in [0.2, 0.25) is 5.91 Å². The monoisotopic (exact) mass is 387 g/mol. The van der Waals surface area contributed by atoms with Crippen molar-refractivity contribution in [2.45, 2.75) is 13.3 Å². The first-order valence-corrected chi connectivity index (χ1v) is 9.21. The molecule has 1 aromatic heterocycles. The van der Waals surface area contributed by atoms with Gasteiger partial charge in [-0.25, -0.2) is 4.98 Å². The molecule has 0 aliphatic carbocycles. The molecule has 130 valence electrons. The molecule has 2 N–H and O–H groups in total. The molecule has 0 aliphatic heterocycles. The average Bonchev–Trinajstić information content (AvgIpc) is 2.95. The van der Waals surface area contributed by atoms with Gasteiger partial charge >= 0.3 is 0 Å². The number of amides is 1. The second kappa shape index (κ2) is 9.34. The van der Waals surface area contributed by atoms with Crippen molar-refractivity contribution >= 4 is 45.6 Å². The Morgan fingerprint density at radius 1 is 1.38 bits per heavy atom. The number of hydrogen-bond donors (Lipinski definition) is 2. The maximum Gasteiger partial charge on any atom is 0.240 e. The van der Waals surface area contributed by atoms with E-state index in [1.807, 2.05) is 17.2 Å². The third-order valence-corrected chi connectivity index (χ3v) is 4.59. The maximum atomic E-state index is 12.1. The quantitative estimate of drug-likeness (QED) is 0.723. The van der Waals surface area contributed by atoms with E-state index in [1.165, 1.54) is 11.3 Å². The number of benzene rings is 1. The number of hydrogen-bond acceptors (Lipinski definition) is 5. The van der Waals surface area contributed by atoms with Gasteiger partial charge in [0.05, 0.1) is 23.9 Å². The molecule has 0 fully saturated rings. The molecular weight excluding hydrogens is 369 g/mol. The van der Waals surface area contributed by atoms with Gasteiger partial charge in [0.15, 0.2) is 5.13 Å². The first kappa shape index (κ1) is 19.1. The molecule has 0 unspecified atom stereocenters. The van der Waals surface area contributed by atoms with Crippen molar-refractivity contribution in [3.8, 4) is 11.3 Å². The van der Waals surface area contributed by atoms with Gasteiger partial charge in [0.1, 0.15) is 0 Å². The van der Waals surface area contributed by atoms with E-state index < -0.39 is 0 Å². The minimum absolute atomic E-state index is 0.0315. The summed E-state index contributed by atoms with van der Waals surface area (Å²) in [5, 5.41) is 15.3. The van der Waals surface area contributed by atoms with Crippen molar-refractivity contribution in [3.63, 3.8) is 0 Å². The number of aromatic nitrogens is 1. The largest absolute Gasteiger partial charge is 0.395 e. The summed E-state index contributed by atoms with van der Waals surface area (Å²) in [4.78, 5) is 18.4. The summed E-state index contributed by atoms with van der Waals surface area (Å²) in [6.45, 7) is 3.53. The highest BCUT2D eigenvalue weighted by atomic mass is 35.5. The predicted molar refractivity (Wildman–Crippen MR) is 100 cm³/mol. The summed E-state index contributed by atoms with van der Waals surface area (Å²) in [6, 6.07) is 5.21. The van der Waals surface area contributed by atoms with Crippen molar-refractivity contribution in [2.24, 2.45) is 0 Å². The molecule has 2 rings (SSSR count). The highest BCUT2D eigenvalue weighted by molar-refractivity contribution is 7.14. The molecule has 1 heterocycles. The van der Waals surface area contributed by atoms with Crippen LogP contribution in [-0.4, -0.2) is 47.1 Å². The van der Waals surface area contributed by atoms with Crippen LogP contribution in [0.1, 0.15) is 13.3 Å². The first-order chi connectivity index (χ1) is 11.5. The van der Waals surface area contributed by atoms with E-state index >= 15 is 0 Å². The van der Waals surface area contributed by atoms with Gasteiger partial charge in [-0.1, -0.05) is 30.1 Å². The zero-order valence-corrected chi connectivity index (χ0v) is 15.6. The van der Waals surface area contributed by atoms with Crippen LogP contribution in [0.3, 0.4) is 0 Å². The van der Waals surface area contributed by atoms with Crippen LogP contribution >= 0.6 is 34.5 Å². The van der Waals surface area contributed by atoms with Gasteiger partial charge in [0.25, 0.3) is 0 Å². The Bertz CT molecular complexity index is 688. The summed E-state index contributed by atoms with van der Waals surface area (Å²) in [5.74, 6) is -0.153. The molecule has 0 radical (unpaired) electrons. The lowest BCUT2D eigenvalue weighted by atomic mass is 10.2. The molecule has 0 aliphatic rings. The van der Waals surface area contributed by atoms with Gasteiger partial charge in [0, 0.05) is 22.5 Å². The normalized spacial score (nSPS) is 11.0. The molecule has 2 aromatic rings. The van der Waals surface area contributed by atoms with Gasteiger partial charge in [-0.05, 0) is 31.2 Å². The average molecular weight is 388 g/mol. The van der Waals surface area contributed by atoms with E-state index in [-0.39, 0.29) is 19.1 Å². The molecule has 0 atom stereocenters. The summed E-state index contributed by atoms with van der Waals surface area (Å²) in [6.07, 6.45) is 0.920. The number of nitrogens with one attached hydrogen (secondary N) is 1. The number of thiazole rings is 1. The van der Waals surface area contributed by atoms with Crippen LogP contribution in [0, 0.1) is 0 Å². The Hall–Kier alpha value is -1.18. The number of rotatable bonds is 8. The summed E-state index contributed by atoms with van der Waals surface area (Å²) in [7, 11) is 0. The number of carbonyl (C=O) groups is 1. The number of aliphatic hydroxyl groups excluding tert-OH is 1. The van der Waals surface area contributed by atoms with Crippen molar-refractivity contribution in [1.82, 2.24) is 9.88 Å². The number of halogens is 2. The topological polar surface area (TPSA) is 65.5 Å². The van der Waals surface area contributed by atoms with Crippen molar-refractivity contribution in [1.29, 1.82) is 0 Å². The van der Waals surface area contributed by atoms with E-state index in [2.05, 4.69) is 10.3 Å². The van der Waals surface area contributed by atoms with Crippen LogP contribution in [0.15, 0.2) is 23.6 Å². The van der Waals surface area contributed by atoms with Gasteiger partial charge in [-0.2, -0.15) is 0 Å². The zero-order chi connectivity index (χ0) is 17.5. The highest BCUT2D eigenvalue weighted by Crippen LogP contribution is 2.32. The fourth-order valence-electron chi connectivity index (χ4n) is 2.24. The van der Waals surface area contributed by atoms with Crippen LogP contribution in [0.4, 0.5) is 5.13 Å². The van der Waals surface area contributed by atoms with Gasteiger partial charge in [-0.15, -0.1) is 11.3 Å². The van der Waals surface area contributed by atoms with E-state index in [0.29, 0.717) is 27.4 Å². The third-order valence-electron chi connectivity index (χ3n) is 3.28. The lowest BCUT2D eigenvalue weighted by molar-refractivity contribution is -0.117. The molecule has 1 aromatic carbocycles. The number of carbonyl (C=O) groups excluding carboxylic acids is 1. The molecule has 1 amide bonds.